The minimum atomic E-state index is -0.284. The molecule has 0 bridgehead atoms. The zero-order chi connectivity index (χ0) is 16.2. The first-order valence-electron chi connectivity index (χ1n) is 6.69. The summed E-state index contributed by atoms with van der Waals surface area (Å²) < 4.78 is 0. The number of nitrogens with one attached hydrogen (secondary N) is 3. The maximum atomic E-state index is 11.9. The molecule has 9 heteroatoms. The summed E-state index contributed by atoms with van der Waals surface area (Å²) in [4.78, 5) is 30.4. The molecule has 0 aliphatic carbocycles. The Hall–Kier alpha value is -2.32. The molecule has 3 aromatic rings. The fourth-order valence-electron chi connectivity index (χ4n) is 1.88. The van der Waals surface area contributed by atoms with Crippen LogP contribution in [0.4, 0.5) is 0 Å². The molecule has 0 aliphatic heterocycles. The third-order valence-corrected chi connectivity index (χ3v) is 4.17. The van der Waals surface area contributed by atoms with Crippen molar-refractivity contribution in [1.82, 2.24) is 25.5 Å². The van der Waals surface area contributed by atoms with Crippen LogP contribution < -0.4 is 10.9 Å². The van der Waals surface area contributed by atoms with Gasteiger partial charge in [0, 0.05) is 11.6 Å². The highest BCUT2D eigenvalue weighted by atomic mass is 35.5. The molecule has 0 unspecified atom stereocenters. The van der Waals surface area contributed by atoms with Crippen molar-refractivity contribution in [2.45, 2.75) is 11.7 Å². The van der Waals surface area contributed by atoms with E-state index < -0.39 is 0 Å². The molecule has 0 saturated carbocycles. The van der Waals surface area contributed by atoms with Crippen LogP contribution in [0.5, 0.6) is 0 Å². The molecular weight excluding hydrogens is 338 g/mol. The average Bonchev–Trinajstić information content (AvgIpc) is 3.01. The number of carbonyl (C=O) groups is 1. The number of benzene rings is 1. The van der Waals surface area contributed by atoms with Gasteiger partial charge in [-0.05, 0) is 17.7 Å². The van der Waals surface area contributed by atoms with Crippen LogP contribution in [-0.2, 0) is 11.3 Å². The van der Waals surface area contributed by atoms with E-state index in [9.17, 15) is 9.59 Å². The molecule has 0 fully saturated rings. The fourth-order valence-corrected chi connectivity index (χ4v) is 2.70. The van der Waals surface area contributed by atoms with Crippen molar-refractivity contribution in [1.29, 1.82) is 0 Å². The first-order valence-corrected chi connectivity index (χ1v) is 8.05. The van der Waals surface area contributed by atoms with E-state index in [4.69, 9.17) is 11.6 Å². The smallest absolute Gasteiger partial charge is 0.262 e. The summed E-state index contributed by atoms with van der Waals surface area (Å²) >= 11 is 6.96. The van der Waals surface area contributed by atoms with Crippen LogP contribution in [0, 0.1) is 0 Å². The van der Waals surface area contributed by atoms with Gasteiger partial charge in [-0.2, -0.15) is 5.10 Å². The van der Waals surface area contributed by atoms with Crippen molar-refractivity contribution in [3.05, 3.63) is 51.4 Å². The Labute approximate surface area is 139 Å². The minimum absolute atomic E-state index is 0.149. The van der Waals surface area contributed by atoms with Gasteiger partial charge in [0.1, 0.15) is 5.39 Å². The maximum absolute atomic E-state index is 11.9. The second-order valence-corrected chi connectivity index (χ2v) is 6.10. The molecule has 0 saturated heterocycles. The van der Waals surface area contributed by atoms with Crippen LogP contribution >= 0.6 is 23.4 Å². The molecule has 23 heavy (non-hydrogen) atoms. The Morgan fingerprint density at radius 1 is 1.30 bits per heavy atom. The number of thioether (sulfide) groups is 1. The largest absolute Gasteiger partial charge is 0.351 e. The van der Waals surface area contributed by atoms with Gasteiger partial charge in [-0.25, -0.2) is 4.98 Å². The lowest BCUT2D eigenvalue weighted by atomic mass is 10.2. The molecule has 3 N–H and O–H groups in total. The summed E-state index contributed by atoms with van der Waals surface area (Å²) in [7, 11) is 0. The lowest BCUT2D eigenvalue weighted by Gasteiger charge is -2.05. The Kier molecular flexibility index (Phi) is 4.63. The van der Waals surface area contributed by atoms with Crippen LogP contribution in [0.1, 0.15) is 5.56 Å². The number of aromatic amines is 2. The zero-order valence-electron chi connectivity index (χ0n) is 11.8. The van der Waals surface area contributed by atoms with E-state index in [1.165, 1.54) is 6.20 Å². The number of rotatable bonds is 5. The Morgan fingerprint density at radius 2 is 2.09 bits per heavy atom. The van der Waals surface area contributed by atoms with Crippen LogP contribution in [0.15, 0.2) is 40.4 Å². The van der Waals surface area contributed by atoms with E-state index in [-0.39, 0.29) is 17.2 Å². The molecule has 7 nitrogen and oxygen atoms in total. The van der Waals surface area contributed by atoms with E-state index in [1.54, 1.807) is 12.1 Å². The quantitative estimate of drug-likeness (QED) is 0.480. The molecule has 1 amide bonds. The minimum Gasteiger partial charge on any atom is -0.351 e. The average molecular weight is 350 g/mol. The molecule has 1 aromatic carbocycles. The van der Waals surface area contributed by atoms with Gasteiger partial charge in [0.2, 0.25) is 5.91 Å². The highest BCUT2D eigenvalue weighted by molar-refractivity contribution is 7.99. The summed E-state index contributed by atoms with van der Waals surface area (Å²) in [5.74, 6) is -0.00629. The molecule has 0 aliphatic rings. The first-order chi connectivity index (χ1) is 11.1. The third-order valence-electron chi connectivity index (χ3n) is 3.04. The van der Waals surface area contributed by atoms with E-state index in [0.29, 0.717) is 27.8 Å². The van der Waals surface area contributed by atoms with Gasteiger partial charge >= 0.3 is 0 Å². The van der Waals surface area contributed by atoms with Gasteiger partial charge < -0.3 is 10.3 Å². The van der Waals surface area contributed by atoms with Crippen molar-refractivity contribution in [3.63, 3.8) is 0 Å². The molecule has 0 radical (unpaired) electrons. The lowest BCUT2D eigenvalue weighted by molar-refractivity contribution is -0.118. The van der Waals surface area contributed by atoms with Crippen LogP contribution in [0.25, 0.3) is 11.0 Å². The monoisotopic (exact) mass is 349 g/mol. The predicted molar refractivity (Wildman–Crippen MR) is 88.5 cm³/mol. The highest BCUT2D eigenvalue weighted by Crippen LogP contribution is 2.13. The second kappa shape index (κ2) is 6.84. The summed E-state index contributed by atoms with van der Waals surface area (Å²) in [5.41, 5.74) is 1.07. The summed E-state index contributed by atoms with van der Waals surface area (Å²) in [6.07, 6.45) is 1.41. The van der Waals surface area contributed by atoms with Crippen molar-refractivity contribution >= 4 is 40.3 Å². The third kappa shape index (κ3) is 3.91. The molecular formula is C14H12ClN5O2S. The van der Waals surface area contributed by atoms with Crippen molar-refractivity contribution in [2.75, 3.05) is 5.75 Å². The van der Waals surface area contributed by atoms with Gasteiger partial charge in [0.25, 0.3) is 5.56 Å². The Balaban J connectivity index is 1.55. The Morgan fingerprint density at radius 3 is 2.87 bits per heavy atom. The van der Waals surface area contributed by atoms with E-state index in [1.807, 2.05) is 12.1 Å². The van der Waals surface area contributed by atoms with Gasteiger partial charge in [-0.1, -0.05) is 35.5 Å². The first kappa shape index (κ1) is 15.6. The number of carbonyl (C=O) groups excluding carboxylic acids is 1. The summed E-state index contributed by atoms with van der Waals surface area (Å²) in [6, 6.07) is 7.24. The highest BCUT2D eigenvalue weighted by Gasteiger charge is 2.08. The molecule has 2 heterocycles. The number of nitrogens with zero attached hydrogens (tertiary/aromatic N) is 2. The molecule has 2 aromatic heterocycles. The topological polar surface area (TPSA) is 104 Å². The Bertz CT molecular complexity index is 890. The molecule has 118 valence electrons. The van der Waals surface area contributed by atoms with E-state index in [2.05, 4.69) is 25.5 Å². The van der Waals surface area contributed by atoms with E-state index in [0.717, 1.165) is 17.3 Å². The maximum Gasteiger partial charge on any atom is 0.262 e. The van der Waals surface area contributed by atoms with Crippen LogP contribution in [-0.4, -0.2) is 31.8 Å². The van der Waals surface area contributed by atoms with Crippen LogP contribution in [0.3, 0.4) is 0 Å². The van der Waals surface area contributed by atoms with Crippen molar-refractivity contribution in [3.8, 4) is 0 Å². The second-order valence-electron chi connectivity index (χ2n) is 4.70. The SMILES string of the molecule is O=C(CSc1nc2[nH]ncc2c(=O)[nH]1)NCc1ccc(Cl)cc1. The number of aromatic nitrogens is 4. The predicted octanol–water partition coefficient (Wildman–Crippen LogP) is 1.71. The van der Waals surface area contributed by atoms with Gasteiger partial charge in [-0.15, -0.1) is 0 Å². The summed E-state index contributed by atoms with van der Waals surface area (Å²) in [6.45, 7) is 0.417. The number of amides is 1. The lowest BCUT2D eigenvalue weighted by Crippen LogP contribution is -2.24. The van der Waals surface area contributed by atoms with Gasteiger partial charge in [-0.3, -0.25) is 14.7 Å². The van der Waals surface area contributed by atoms with Crippen LogP contribution in [0.2, 0.25) is 5.02 Å². The summed E-state index contributed by atoms with van der Waals surface area (Å²) in [5, 5.41) is 10.6. The molecule has 0 spiro atoms. The number of hydrogen-bond donors (Lipinski definition) is 3. The van der Waals surface area contributed by atoms with Crippen molar-refractivity contribution < 1.29 is 4.79 Å². The van der Waals surface area contributed by atoms with E-state index >= 15 is 0 Å². The molecule has 0 atom stereocenters. The van der Waals surface area contributed by atoms with Gasteiger partial charge in [0.05, 0.1) is 11.9 Å². The standard InChI is InChI=1S/C14H12ClN5O2S/c15-9-3-1-8(2-4-9)5-16-11(21)7-23-14-18-12-10(6-17-20-12)13(22)19-14/h1-4,6H,5,7H2,(H,16,21)(H2,17,18,19,20,22). The number of H-pyrrole nitrogens is 2. The number of fused-ring (bicyclic) bond motifs is 1. The van der Waals surface area contributed by atoms with Gasteiger partial charge in [0.15, 0.2) is 10.8 Å². The fraction of sp³-hybridized carbons (Fsp3) is 0.143. The van der Waals surface area contributed by atoms with Crippen molar-refractivity contribution in [2.24, 2.45) is 0 Å². The molecule has 3 rings (SSSR count). The number of hydrogen-bond acceptors (Lipinski definition) is 5. The zero-order valence-corrected chi connectivity index (χ0v) is 13.4. The number of halogens is 1. The normalized spacial score (nSPS) is 10.8.